The molecule has 2 aromatic rings. The lowest BCUT2D eigenvalue weighted by Gasteiger charge is -2.20. The van der Waals surface area contributed by atoms with E-state index in [1.165, 1.54) is 6.07 Å². The predicted octanol–water partition coefficient (Wildman–Crippen LogP) is 3.28. The number of rotatable bonds is 3. The quantitative estimate of drug-likeness (QED) is 0.941. The van der Waals surface area contributed by atoms with Crippen LogP contribution in [0.25, 0.3) is 10.8 Å². The Morgan fingerprint density at radius 1 is 1.19 bits per heavy atom. The van der Waals surface area contributed by atoms with Crippen molar-refractivity contribution >= 4 is 16.7 Å². The molecule has 1 N–H and O–H groups in total. The van der Waals surface area contributed by atoms with Gasteiger partial charge in [-0.1, -0.05) is 24.3 Å². The molecule has 21 heavy (non-hydrogen) atoms. The van der Waals surface area contributed by atoms with Crippen LogP contribution in [0.5, 0.6) is 0 Å². The van der Waals surface area contributed by atoms with Gasteiger partial charge in [-0.3, -0.25) is 4.79 Å². The molecule has 0 aliphatic heterocycles. The highest BCUT2D eigenvalue weighted by Gasteiger charge is 2.29. The zero-order chi connectivity index (χ0) is 14.8. The molecule has 2 aromatic carbocycles. The maximum Gasteiger partial charge on any atom is 0.252 e. The minimum absolute atomic E-state index is 0.0336. The van der Waals surface area contributed by atoms with Crippen molar-refractivity contribution in [2.45, 2.75) is 31.4 Å². The number of nitrogens with one attached hydrogen (secondary N) is 1. The summed E-state index contributed by atoms with van der Waals surface area (Å²) in [5.41, 5.74) is 0.508. The summed E-state index contributed by atoms with van der Waals surface area (Å²) in [6.45, 7) is 0. The molecule has 2 atom stereocenters. The Labute approximate surface area is 123 Å². The summed E-state index contributed by atoms with van der Waals surface area (Å²) in [4.78, 5) is 12.5. The van der Waals surface area contributed by atoms with E-state index in [1.807, 2.05) is 6.07 Å². The molecule has 2 unspecified atom stereocenters. The Kier molecular flexibility index (Phi) is 3.88. The highest BCUT2D eigenvalue weighted by Crippen LogP contribution is 2.24. The van der Waals surface area contributed by atoms with Gasteiger partial charge < -0.3 is 10.1 Å². The van der Waals surface area contributed by atoms with Gasteiger partial charge >= 0.3 is 0 Å². The standard InChI is InChI=1S/C17H18FNO2/c1-21-16-8-4-7-15(16)19-17(20)13-9-10-14(18)12-6-3-2-5-11(12)13/h2-3,5-6,9-10,15-16H,4,7-8H2,1H3,(H,19,20). The molecule has 3 nitrogen and oxygen atoms in total. The first-order valence-corrected chi connectivity index (χ1v) is 7.21. The summed E-state index contributed by atoms with van der Waals surface area (Å²) in [5.74, 6) is -0.474. The number of hydrogen-bond acceptors (Lipinski definition) is 2. The maximum atomic E-state index is 13.8. The number of benzene rings is 2. The number of methoxy groups -OCH3 is 1. The van der Waals surface area contributed by atoms with Crippen LogP contribution in [-0.2, 0) is 4.74 Å². The molecular formula is C17H18FNO2. The summed E-state index contributed by atoms with van der Waals surface area (Å²) < 4.78 is 19.2. The van der Waals surface area contributed by atoms with Crippen molar-refractivity contribution in [3.05, 3.63) is 47.8 Å². The van der Waals surface area contributed by atoms with Gasteiger partial charge in [-0.15, -0.1) is 0 Å². The van der Waals surface area contributed by atoms with Gasteiger partial charge in [0.2, 0.25) is 0 Å². The molecular weight excluding hydrogens is 269 g/mol. The lowest BCUT2D eigenvalue weighted by Crippen LogP contribution is -2.40. The second-order valence-corrected chi connectivity index (χ2v) is 5.43. The monoisotopic (exact) mass is 287 g/mol. The Hall–Kier alpha value is -1.94. The number of carbonyl (C=O) groups excluding carboxylic acids is 1. The first-order valence-electron chi connectivity index (χ1n) is 7.21. The second kappa shape index (κ2) is 5.82. The molecule has 0 radical (unpaired) electrons. The second-order valence-electron chi connectivity index (χ2n) is 5.43. The highest BCUT2D eigenvalue weighted by molar-refractivity contribution is 6.07. The molecule has 0 spiro atoms. The van der Waals surface area contributed by atoms with E-state index < -0.39 is 0 Å². The fourth-order valence-corrected chi connectivity index (χ4v) is 3.08. The van der Waals surface area contributed by atoms with Crippen molar-refractivity contribution < 1.29 is 13.9 Å². The van der Waals surface area contributed by atoms with Crippen LogP contribution in [0.1, 0.15) is 29.6 Å². The third-order valence-electron chi connectivity index (χ3n) is 4.19. The minimum atomic E-state index is -0.308. The first kappa shape index (κ1) is 14.0. The zero-order valence-electron chi connectivity index (χ0n) is 11.9. The van der Waals surface area contributed by atoms with E-state index in [-0.39, 0.29) is 23.9 Å². The Morgan fingerprint density at radius 2 is 1.95 bits per heavy atom. The number of halogens is 1. The van der Waals surface area contributed by atoms with E-state index in [1.54, 1.807) is 31.4 Å². The average Bonchev–Trinajstić information content (AvgIpc) is 2.95. The summed E-state index contributed by atoms with van der Waals surface area (Å²) in [6.07, 6.45) is 3.00. The Balaban J connectivity index is 1.90. The smallest absolute Gasteiger partial charge is 0.252 e. The van der Waals surface area contributed by atoms with Gasteiger partial charge in [0.25, 0.3) is 5.91 Å². The van der Waals surface area contributed by atoms with E-state index in [0.29, 0.717) is 16.3 Å². The number of amides is 1. The zero-order valence-corrected chi connectivity index (χ0v) is 11.9. The molecule has 1 aliphatic carbocycles. The van der Waals surface area contributed by atoms with Gasteiger partial charge in [0.1, 0.15) is 5.82 Å². The topological polar surface area (TPSA) is 38.3 Å². The molecule has 110 valence electrons. The summed E-state index contributed by atoms with van der Waals surface area (Å²) in [7, 11) is 1.67. The molecule has 1 fully saturated rings. The van der Waals surface area contributed by atoms with Crippen molar-refractivity contribution in [3.63, 3.8) is 0 Å². The normalized spacial score (nSPS) is 21.6. The molecule has 0 aromatic heterocycles. The van der Waals surface area contributed by atoms with E-state index >= 15 is 0 Å². The van der Waals surface area contributed by atoms with Crippen LogP contribution in [0.15, 0.2) is 36.4 Å². The number of carbonyl (C=O) groups is 1. The largest absolute Gasteiger partial charge is 0.379 e. The molecule has 0 heterocycles. The summed E-state index contributed by atoms with van der Waals surface area (Å²) in [5, 5.41) is 4.13. The van der Waals surface area contributed by atoms with Crippen LogP contribution in [0, 0.1) is 5.82 Å². The summed E-state index contributed by atoms with van der Waals surface area (Å²) >= 11 is 0. The van der Waals surface area contributed by atoms with Gasteiger partial charge in [-0.25, -0.2) is 4.39 Å². The van der Waals surface area contributed by atoms with Crippen LogP contribution in [-0.4, -0.2) is 25.2 Å². The van der Waals surface area contributed by atoms with Gasteiger partial charge in [0.15, 0.2) is 0 Å². The number of fused-ring (bicyclic) bond motifs is 1. The maximum absolute atomic E-state index is 13.8. The van der Waals surface area contributed by atoms with Gasteiger partial charge in [-0.05, 0) is 36.8 Å². The van der Waals surface area contributed by atoms with E-state index in [9.17, 15) is 9.18 Å². The van der Waals surface area contributed by atoms with E-state index in [2.05, 4.69) is 5.32 Å². The first-order chi connectivity index (χ1) is 10.2. The average molecular weight is 287 g/mol. The molecule has 0 bridgehead atoms. The minimum Gasteiger partial charge on any atom is -0.379 e. The Morgan fingerprint density at radius 3 is 2.71 bits per heavy atom. The predicted molar refractivity (Wildman–Crippen MR) is 79.8 cm³/mol. The fraction of sp³-hybridized carbons (Fsp3) is 0.353. The third kappa shape index (κ3) is 2.63. The molecule has 1 aliphatic rings. The lowest BCUT2D eigenvalue weighted by atomic mass is 10.0. The van der Waals surface area contributed by atoms with Gasteiger partial charge in [0, 0.05) is 18.1 Å². The van der Waals surface area contributed by atoms with Crippen LogP contribution in [0.4, 0.5) is 4.39 Å². The van der Waals surface area contributed by atoms with Crippen molar-refractivity contribution in [2.75, 3.05) is 7.11 Å². The van der Waals surface area contributed by atoms with Gasteiger partial charge in [-0.2, -0.15) is 0 Å². The van der Waals surface area contributed by atoms with Crippen molar-refractivity contribution in [1.29, 1.82) is 0 Å². The third-order valence-corrected chi connectivity index (χ3v) is 4.19. The molecule has 3 rings (SSSR count). The molecule has 0 saturated heterocycles. The van der Waals surface area contributed by atoms with E-state index in [0.717, 1.165) is 19.3 Å². The molecule has 1 amide bonds. The van der Waals surface area contributed by atoms with Crippen LogP contribution in [0.3, 0.4) is 0 Å². The Bertz CT molecular complexity index is 671. The van der Waals surface area contributed by atoms with Crippen LogP contribution in [0.2, 0.25) is 0 Å². The van der Waals surface area contributed by atoms with Crippen molar-refractivity contribution in [2.24, 2.45) is 0 Å². The van der Waals surface area contributed by atoms with Crippen LogP contribution >= 0.6 is 0 Å². The fourth-order valence-electron chi connectivity index (χ4n) is 3.08. The van der Waals surface area contributed by atoms with Crippen LogP contribution < -0.4 is 5.32 Å². The SMILES string of the molecule is COC1CCCC1NC(=O)c1ccc(F)c2ccccc12. The summed E-state index contributed by atoms with van der Waals surface area (Å²) in [6, 6.07) is 9.97. The molecule has 4 heteroatoms. The van der Waals surface area contributed by atoms with E-state index in [4.69, 9.17) is 4.74 Å². The van der Waals surface area contributed by atoms with Gasteiger partial charge in [0.05, 0.1) is 12.1 Å². The number of ether oxygens (including phenoxy) is 1. The lowest BCUT2D eigenvalue weighted by molar-refractivity contribution is 0.0723. The molecule has 1 saturated carbocycles. The number of hydrogen-bond donors (Lipinski definition) is 1. The highest BCUT2D eigenvalue weighted by atomic mass is 19.1. The van der Waals surface area contributed by atoms with Crippen molar-refractivity contribution in [1.82, 2.24) is 5.32 Å². The van der Waals surface area contributed by atoms with Crippen molar-refractivity contribution in [3.8, 4) is 0 Å².